The Labute approximate surface area is 240 Å². The summed E-state index contributed by atoms with van der Waals surface area (Å²) in [5, 5.41) is 20.4. The van der Waals surface area contributed by atoms with E-state index in [4.69, 9.17) is 9.47 Å². The van der Waals surface area contributed by atoms with Gasteiger partial charge in [0.2, 0.25) is 0 Å². The zero-order chi connectivity index (χ0) is 29.6. The standard InChI is InChI=1S/C32H29F3N4O3/c1-31(2,40)23-16-24(29(35)27(28(23)34)19-7-9-22(33)10-8-19)32(11-5-13-42-32)18-39-17-25(37-38-39)21-14-20-6-4-12-36-30(20)26(15-21)41-3/h4,6-10,12,14-17,40H,5,11,13,18H2,1-3H3/t32-/m1/s1. The van der Waals surface area contributed by atoms with Gasteiger partial charge in [-0.1, -0.05) is 23.4 Å². The summed E-state index contributed by atoms with van der Waals surface area (Å²) in [4.78, 5) is 4.39. The van der Waals surface area contributed by atoms with Crippen LogP contribution in [0, 0.1) is 17.5 Å². The van der Waals surface area contributed by atoms with Crippen molar-refractivity contribution in [1.29, 1.82) is 0 Å². The van der Waals surface area contributed by atoms with Gasteiger partial charge >= 0.3 is 0 Å². The molecular formula is C32H29F3N4O3. The van der Waals surface area contributed by atoms with Crippen LogP contribution in [0.25, 0.3) is 33.3 Å². The van der Waals surface area contributed by atoms with E-state index in [9.17, 15) is 9.50 Å². The lowest BCUT2D eigenvalue weighted by Gasteiger charge is -2.32. The van der Waals surface area contributed by atoms with Crippen LogP contribution in [0.4, 0.5) is 13.2 Å². The molecule has 3 aromatic carbocycles. The molecule has 0 spiro atoms. The van der Waals surface area contributed by atoms with E-state index in [2.05, 4.69) is 15.3 Å². The summed E-state index contributed by atoms with van der Waals surface area (Å²) in [6.07, 6.45) is 4.49. The minimum Gasteiger partial charge on any atom is -0.494 e. The first-order valence-corrected chi connectivity index (χ1v) is 13.6. The van der Waals surface area contributed by atoms with Gasteiger partial charge in [-0.3, -0.25) is 4.98 Å². The Hall–Kier alpha value is -4.28. The number of nitrogens with zero attached hydrogens (tertiary/aromatic N) is 4. The van der Waals surface area contributed by atoms with Gasteiger partial charge in [-0.2, -0.15) is 0 Å². The second-order valence-corrected chi connectivity index (χ2v) is 11.0. The second-order valence-electron chi connectivity index (χ2n) is 11.0. The Morgan fingerprint density at radius 3 is 2.52 bits per heavy atom. The van der Waals surface area contributed by atoms with Crippen molar-refractivity contribution in [3.8, 4) is 28.1 Å². The van der Waals surface area contributed by atoms with E-state index in [-0.39, 0.29) is 28.8 Å². The minimum absolute atomic E-state index is 0.0863. The van der Waals surface area contributed by atoms with Gasteiger partial charge in [0.1, 0.15) is 40.0 Å². The third-order valence-corrected chi connectivity index (χ3v) is 7.73. The maximum Gasteiger partial charge on any atom is 0.145 e. The first-order valence-electron chi connectivity index (χ1n) is 13.6. The minimum atomic E-state index is -1.63. The van der Waals surface area contributed by atoms with Crippen LogP contribution in [-0.2, 0) is 22.5 Å². The molecule has 1 atom stereocenters. The molecule has 2 aromatic heterocycles. The van der Waals surface area contributed by atoms with Crippen LogP contribution < -0.4 is 4.74 Å². The Bertz CT molecular complexity index is 1780. The van der Waals surface area contributed by atoms with Crippen LogP contribution in [0.1, 0.15) is 37.8 Å². The van der Waals surface area contributed by atoms with Gasteiger partial charge < -0.3 is 14.6 Å². The van der Waals surface area contributed by atoms with Crippen LogP contribution in [0.3, 0.4) is 0 Å². The number of aliphatic hydroxyl groups is 1. The lowest BCUT2D eigenvalue weighted by molar-refractivity contribution is -0.0204. The van der Waals surface area contributed by atoms with E-state index in [1.165, 1.54) is 32.0 Å². The molecule has 1 aliphatic heterocycles. The van der Waals surface area contributed by atoms with E-state index in [0.717, 1.165) is 28.6 Å². The number of rotatable bonds is 7. The molecule has 0 bridgehead atoms. The molecule has 3 heterocycles. The first kappa shape index (κ1) is 27.9. The third-order valence-electron chi connectivity index (χ3n) is 7.73. The van der Waals surface area contributed by atoms with Crippen molar-refractivity contribution in [1.82, 2.24) is 20.0 Å². The van der Waals surface area contributed by atoms with Gasteiger partial charge in [-0.15, -0.1) is 5.10 Å². The van der Waals surface area contributed by atoms with Gasteiger partial charge in [-0.25, -0.2) is 17.9 Å². The molecule has 5 aromatic rings. The summed E-state index contributed by atoms with van der Waals surface area (Å²) < 4.78 is 59.3. The highest BCUT2D eigenvalue weighted by Gasteiger charge is 2.43. The summed E-state index contributed by atoms with van der Waals surface area (Å²) in [7, 11) is 1.57. The number of fused-ring (bicyclic) bond motifs is 1. The number of methoxy groups -OCH3 is 1. The van der Waals surface area contributed by atoms with Gasteiger partial charge in [0.25, 0.3) is 0 Å². The Morgan fingerprint density at radius 2 is 1.83 bits per heavy atom. The van der Waals surface area contributed by atoms with Crippen LogP contribution in [0.15, 0.2) is 67.0 Å². The summed E-state index contributed by atoms with van der Waals surface area (Å²) in [5.74, 6) is -1.68. The maximum atomic E-state index is 16.4. The Morgan fingerprint density at radius 1 is 1.05 bits per heavy atom. The summed E-state index contributed by atoms with van der Waals surface area (Å²) in [6.45, 7) is 3.31. The molecule has 0 aliphatic carbocycles. The molecule has 7 nitrogen and oxygen atoms in total. The third kappa shape index (κ3) is 4.90. The van der Waals surface area contributed by atoms with Gasteiger partial charge in [0.15, 0.2) is 0 Å². The smallest absolute Gasteiger partial charge is 0.145 e. The second kappa shape index (κ2) is 10.5. The molecule has 42 heavy (non-hydrogen) atoms. The highest BCUT2D eigenvalue weighted by molar-refractivity contribution is 5.89. The molecule has 1 N–H and O–H groups in total. The fourth-order valence-corrected chi connectivity index (χ4v) is 5.64. The normalized spacial score (nSPS) is 17.2. The fraction of sp³-hybridized carbons (Fsp3) is 0.281. The number of pyridine rings is 1. The van der Waals surface area contributed by atoms with Crippen molar-refractivity contribution in [2.75, 3.05) is 13.7 Å². The molecule has 1 saturated heterocycles. The van der Waals surface area contributed by atoms with Crippen molar-refractivity contribution in [3.63, 3.8) is 0 Å². The number of hydrogen-bond acceptors (Lipinski definition) is 6. The molecule has 0 radical (unpaired) electrons. The predicted octanol–water partition coefficient (Wildman–Crippen LogP) is 6.52. The van der Waals surface area contributed by atoms with E-state index in [0.29, 0.717) is 30.9 Å². The number of aromatic nitrogens is 4. The monoisotopic (exact) mass is 574 g/mol. The quantitative estimate of drug-likeness (QED) is 0.238. The highest BCUT2D eigenvalue weighted by atomic mass is 19.1. The lowest BCUT2D eigenvalue weighted by Crippen LogP contribution is -2.33. The van der Waals surface area contributed by atoms with Crippen molar-refractivity contribution in [3.05, 3.63) is 95.6 Å². The van der Waals surface area contributed by atoms with Crippen molar-refractivity contribution >= 4 is 10.9 Å². The Kier molecular flexibility index (Phi) is 6.98. The van der Waals surface area contributed by atoms with E-state index < -0.39 is 28.7 Å². The molecule has 0 saturated carbocycles. The number of halogens is 3. The summed E-state index contributed by atoms with van der Waals surface area (Å²) in [5.41, 5.74) is -1.01. The highest BCUT2D eigenvalue weighted by Crippen LogP contribution is 2.44. The molecule has 0 amide bonds. The van der Waals surface area contributed by atoms with Crippen LogP contribution in [0.5, 0.6) is 5.75 Å². The number of benzene rings is 3. The molecule has 10 heteroatoms. The molecule has 216 valence electrons. The van der Waals surface area contributed by atoms with E-state index in [1.807, 2.05) is 24.3 Å². The molecule has 0 unspecified atom stereocenters. The Balaban J connectivity index is 1.45. The topological polar surface area (TPSA) is 82.3 Å². The van der Waals surface area contributed by atoms with E-state index >= 15 is 8.78 Å². The number of hydrogen-bond donors (Lipinski definition) is 1. The molecular weight excluding hydrogens is 545 g/mol. The van der Waals surface area contributed by atoms with Gasteiger partial charge in [0.05, 0.1) is 31.0 Å². The lowest BCUT2D eigenvalue weighted by atomic mass is 9.83. The average molecular weight is 575 g/mol. The SMILES string of the molecule is COc1cc(-c2cn(C[C@@]3(c4cc(C(C)(C)O)c(F)c(-c5ccc(F)cc5)c4F)CCCO3)nn2)cc2cccnc12. The zero-order valence-corrected chi connectivity index (χ0v) is 23.4. The fourth-order valence-electron chi connectivity index (χ4n) is 5.64. The molecule has 1 fully saturated rings. The van der Waals surface area contributed by atoms with Gasteiger partial charge in [0, 0.05) is 34.9 Å². The van der Waals surface area contributed by atoms with Crippen molar-refractivity contribution in [2.24, 2.45) is 0 Å². The maximum absolute atomic E-state index is 16.4. The van der Waals surface area contributed by atoms with Crippen molar-refractivity contribution < 1.29 is 27.8 Å². The molecule has 6 rings (SSSR count). The zero-order valence-electron chi connectivity index (χ0n) is 23.4. The van der Waals surface area contributed by atoms with Crippen LogP contribution in [-0.4, -0.2) is 38.8 Å². The summed E-state index contributed by atoms with van der Waals surface area (Å²) in [6, 6.07) is 13.8. The van der Waals surface area contributed by atoms with Gasteiger partial charge in [-0.05, 0) is 68.7 Å². The molecule has 1 aliphatic rings. The van der Waals surface area contributed by atoms with Crippen LogP contribution >= 0.6 is 0 Å². The number of ether oxygens (including phenoxy) is 2. The first-order chi connectivity index (χ1) is 20.1. The van der Waals surface area contributed by atoms with Crippen LogP contribution in [0.2, 0.25) is 0 Å². The predicted molar refractivity (Wildman–Crippen MR) is 151 cm³/mol. The summed E-state index contributed by atoms with van der Waals surface area (Å²) >= 11 is 0. The van der Waals surface area contributed by atoms with E-state index in [1.54, 1.807) is 24.2 Å². The average Bonchev–Trinajstić information content (AvgIpc) is 3.63. The largest absolute Gasteiger partial charge is 0.494 e. The van der Waals surface area contributed by atoms with Crippen molar-refractivity contribution in [2.45, 2.75) is 44.4 Å².